The molecule has 0 bridgehead atoms. The maximum Gasteiger partial charge on any atom is 0.0417 e. The summed E-state index contributed by atoms with van der Waals surface area (Å²) < 4.78 is 1.13. The standard InChI is InChI=1S/C11H17BrN2/c1-4-13-8-9-5-6-10(12)7-11(9)14(2)3/h5-7,13H,4,8H2,1-3H3. The van der Waals surface area contributed by atoms with Gasteiger partial charge in [0.15, 0.2) is 0 Å². The number of hydrogen-bond acceptors (Lipinski definition) is 2. The van der Waals surface area contributed by atoms with Crippen molar-refractivity contribution in [1.29, 1.82) is 0 Å². The molecule has 0 aliphatic carbocycles. The first-order valence-electron chi connectivity index (χ1n) is 4.81. The van der Waals surface area contributed by atoms with Crippen molar-refractivity contribution >= 4 is 21.6 Å². The summed E-state index contributed by atoms with van der Waals surface area (Å²) in [4.78, 5) is 2.14. The van der Waals surface area contributed by atoms with Crippen molar-refractivity contribution in [2.75, 3.05) is 25.5 Å². The first kappa shape index (κ1) is 11.5. The molecule has 2 nitrogen and oxygen atoms in total. The van der Waals surface area contributed by atoms with Gasteiger partial charge in [-0.2, -0.15) is 0 Å². The fourth-order valence-corrected chi connectivity index (χ4v) is 1.71. The van der Waals surface area contributed by atoms with Gasteiger partial charge in [-0.25, -0.2) is 0 Å². The zero-order valence-electron chi connectivity index (χ0n) is 8.97. The summed E-state index contributed by atoms with van der Waals surface area (Å²) in [7, 11) is 4.13. The van der Waals surface area contributed by atoms with E-state index in [1.807, 2.05) is 0 Å². The Balaban J connectivity index is 2.90. The molecular weight excluding hydrogens is 240 g/mol. The largest absolute Gasteiger partial charge is 0.377 e. The Hall–Kier alpha value is -0.540. The molecule has 1 rings (SSSR count). The zero-order chi connectivity index (χ0) is 10.6. The lowest BCUT2D eigenvalue weighted by molar-refractivity contribution is 0.725. The predicted molar refractivity (Wildman–Crippen MR) is 65.8 cm³/mol. The quantitative estimate of drug-likeness (QED) is 0.892. The number of halogens is 1. The van der Waals surface area contributed by atoms with Gasteiger partial charge in [0.2, 0.25) is 0 Å². The summed E-state index contributed by atoms with van der Waals surface area (Å²) >= 11 is 3.49. The number of nitrogens with one attached hydrogen (secondary N) is 1. The third-order valence-electron chi connectivity index (χ3n) is 2.09. The minimum Gasteiger partial charge on any atom is -0.377 e. The van der Waals surface area contributed by atoms with E-state index in [0.29, 0.717) is 0 Å². The fourth-order valence-electron chi connectivity index (χ4n) is 1.36. The molecule has 0 saturated heterocycles. The van der Waals surface area contributed by atoms with Crippen LogP contribution in [-0.4, -0.2) is 20.6 Å². The van der Waals surface area contributed by atoms with Crippen LogP contribution >= 0.6 is 15.9 Å². The van der Waals surface area contributed by atoms with Crippen LogP contribution < -0.4 is 10.2 Å². The van der Waals surface area contributed by atoms with Crippen molar-refractivity contribution in [3.05, 3.63) is 28.2 Å². The van der Waals surface area contributed by atoms with E-state index in [0.717, 1.165) is 17.6 Å². The summed E-state index contributed by atoms with van der Waals surface area (Å²) in [5.74, 6) is 0. The van der Waals surface area contributed by atoms with Crippen LogP contribution in [0.1, 0.15) is 12.5 Å². The van der Waals surface area contributed by atoms with Gasteiger partial charge >= 0.3 is 0 Å². The van der Waals surface area contributed by atoms with Gasteiger partial charge in [0.1, 0.15) is 0 Å². The van der Waals surface area contributed by atoms with Crippen LogP contribution in [0.25, 0.3) is 0 Å². The molecule has 1 aromatic rings. The Labute approximate surface area is 94.4 Å². The molecule has 14 heavy (non-hydrogen) atoms. The molecule has 1 N–H and O–H groups in total. The first-order valence-corrected chi connectivity index (χ1v) is 5.61. The number of hydrogen-bond donors (Lipinski definition) is 1. The Morgan fingerprint density at radius 3 is 2.64 bits per heavy atom. The van der Waals surface area contributed by atoms with E-state index < -0.39 is 0 Å². The second kappa shape index (κ2) is 5.37. The lowest BCUT2D eigenvalue weighted by Gasteiger charge is -2.18. The third-order valence-corrected chi connectivity index (χ3v) is 2.59. The van der Waals surface area contributed by atoms with Crippen molar-refractivity contribution in [3.63, 3.8) is 0 Å². The minimum absolute atomic E-state index is 0.928. The third kappa shape index (κ3) is 3.00. The Bertz CT molecular complexity index is 297. The van der Waals surface area contributed by atoms with E-state index >= 15 is 0 Å². The summed E-state index contributed by atoms with van der Waals surface area (Å²) in [6.07, 6.45) is 0. The van der Waals surface area contributed by atoms with Gasteiger partial charge in [-0.3, -0.25) is 0 Å². The topological polar surface area (TPSA) is 15.3 Å². The normalized spacial score (nSPS) is 10.3. The molecule has 0 aliphatic heterocycles. The fraction of sp³-hybridized carbons (Fsp3) is 0.455. The number of anilines is 1. The molecular formula is C11H17BrN2. The highest BCUT2D eigenvalue weighted by Crippen LogP contribution is 2.23. The van der Waals surface area contributed by atoms with Crippen LogP contribution in [0.3, 0.4) is 0 Å². The van der Waals surface area contributed by atoms with Crippen LogP contribution in [0.5, 0.6) is 0 Å². The molecule has 0 heterocycles. The molecule has 0 amide bonds. The van der Waals surface area contributed by atoms with Gasteiger partial charge in [0.25, 0.3) is 0 Å². The van der Waals surface area contributed by atoms with Crippen LogP contribution in [0.4, 0.5) is 5.69 Å². The summed E-state index contributed by atoms with van der Waals surface area (Å²) in [6.45, 7) is 4.05. The van der Waals surface area contributed by atoms with E-state index in [-0.39, 0.29) is 0 Å². The van der Waals surface area contributed by atoms with Crippen molar-refractivity contribution < 1.29 is 0 Å². The van der Waals surface area contributed by atoms with E-state index in [1.165, 1.54) is 11.3 Å². The molecule has 0 radical (unpaired) electrons. The minimum atomic E-state index is 0.928. The molecule has 1 aromatic carbocycles. The highest BCUT2D eigenvalue weighted by atomic mass is 79.9. The van der Waals surface area contributed by atoms with E-state index in [1.54, 1.807) is 0 Å². The van der Waals surface area contributed by atoms with Crippen LogP contribution in [0, 0.1) is 0 Å². The molecule has 78 valence electrons. The summed E-state index contributed by atoms with van der Waals surface area (Å²) in [6, 6.07) is 6.38. The van der Waals surface area contributed by atoms with Crippen LogP contribution in [-0.2, 0) is 6.54 Å². The molecule has 0 aromatic heterocycles. The maximum absolute atomic E-state index is 3.49. The summed E-state index contributed by atoms with van der Waals surface area (Å²) in [5.41, 5.74) is 2.60. The van der Waals surface area contributed by atoms with E-state index in [2.05, 4.69) is 65.4 Å². The average Bonchev–Trinajstić information content (AvgIpc) is 2.15. The maximum atomic E-state index is 3.49. The van der Waals surface area contributed by atoms with Crippen LogP contribution in [0.2, 0.25) is 0 Å². The van der Waals surface area contributed by atoms with Crippen molar-refractivity contribution in [1.82, 2.24) is 5.32 Å². The van der Waals surface area contributed by atoms with E-state index in [9.17, 15) is 0 Å². The first-order chi connectivity index (χ1) is 6.65. The van der Waals surface area contributed by atoms with Crippen LogP contribution in [0.15, 0.2) is 22.7 Å². The van der Waals surface area contributed by atoms with Crippen molar-refractivity contribution in [2.45, 2.75) is 13.5 Å². The van der Waals surface area contributed by atoms with E-state index in [4.69, 9.17) is 0 Å². The van der Waals surface area contributed by atoms with Gasteiger partial charge < -0.3 is 10.2 Å². The number of nitrogens with zero attached hydrogens (tertiary/aromatic N) is 1. The zero-order valence-corrected chi connectivity index (χ0v) is 10.6. The Morgan fingerprint density at radius 1 is 1.36 bits per heavy atom. The molecule has 0 fully saturated rings. The molecule has 0 atom stereocenters. The molecule has 0 aliphatic rings. The van der Waals surface area contributed by atoms with Gasteiger partial charge in [0.05, 0.1) is 0 Å². The van der Waals surface area contributed by atoms with Crippen molar-refractivity contribution in [2.24, 2.45) is 0 Å². The molecule has 0 unspecified atom stereocenters. The lowest BCUT2D eigenvalue weighted by Crippen LogP contribution is -2.17. The van der Waals surface area contributed by atoms with Gasteiger partial charge in [-0.15, -0.1) is 0 Å². The molecule has 3 heteroatoms. The second-order valence-corrected chi connectivity index (χ2v) is 4.36. The number of rotatable bonds is 4. The highest BCUT2D eigenvalue weighted by molar-refractivity contribution is 9.10. The lowest BCUT2D eigenvalue weighted by atomic mass is 10.1. The van der Waals surface area contributed by atoms with Gasteiger partial charge in [0, 0.05) is 30.8 Å². The molecule has 0 saturated carbocycles. The monoisotopic (exact) mass is 256 g/mol. The number of benzene rings is 1. The Morgan fingerprint density at radius 2 is 2.07 bits per heavy atom. The highest BCUT2D eigenvalue weighted by Gasteiger charge is 2.04. The summed E-state index contributed by atoms with van der Waals surface area (Å²) in [5, 5.41) is 3.34. The van der Waals surface area contributed by atoms with Crippen molar-refractivity contribution in [3.8, 4) is 0 Å². The van der Waals surface area contributed by atoms with Gasteiger partial charge in [-0.1, -0.05) is 28.9 Å². The smallest absolute Gasteiger partial charge is 0.0417 e. The predicted octanol–water partition coefficient (Wildman–Crippen LogP) is 2.62. The molecule has 0 spiro atoms. The Kier molecular flexibility index (Phi) is 4.42. The van der Waals surface area contributed by atoms with Gasteiger partial charge in [-0.05, 0) is 24.2 Å². The SMILES string of the molecule is CCNCc1ccc(Br)cc1N(C)C. The average molecular weight is 257 g/mol. The second-order valence-electron chi connectivity index (χ2n) is 3.45.